The van der Waals surface area contributed by atoms with Crippen LogP contribution in [0.25, 0.3) is 0 Å². The molecular formula is C8H11IN2OS. The molecule has 0 bridgehead atoms. The lowest BCUT2D eigenvalue weighted by molar-refractivity contribution is 0.0408. The van der Waals surface area contributed by atoms with Crippen LogP contribution in [0.15, 0.2) is 0 Å². The van der Waals surface area contributed by atoms with E-state index in [1.807, 2.05) is 6.92 Å². The molecule has 1 saturated carbocycles. The summed E-state index contributed by atoms with van der Waals surface area (Å²) >= 11 is 3.64. The first kappa shape index (κ1) is 9.79. The van der Waals surface area contributed by atoms with E-state index in [0.29, 0.717) is 5.92 Å². The van der Waals surface area contributed by atoms with E-state index < -0.39 is 0 Å². The van der Waals surface area contributed by atoms with Crippen molar-refractivity contribution in [1.82, 2.24) is 9.36 Å². The Bertz CT molecular complexity index is 287. The van der Waals surface area contributed by atoms with Crippen LogP contribution in [0.5, 0.6) is 0 Å². The minimum Gasteiger partial charge on any atom is -0.370 e. The molecule has 1 fully saturated rings. The summed E-state index contributed by atoms with van der Waals surface area (Å²) in [4.78, 5) is 4.36. The minimum atomic E-state index is 0.157. The van der Waals surface area contributed by atoms with Crippen LogP contribution in [0.3, 0.4) is 0 Å². The summed E-state index contributed by atoms with van der Waals surface area (Å²) in [6.45, 7) is 2.77. The van der Waals surface area contributed by atoms with E-state index in [1.165, 1.54) is 24.4 Å². The largest absolute Gasteiger partial charge is 0.370 e. The third-order valence-corrected chi connectivity index (χ3v) is 3.42. The van der Waals surface area contributed by atoms with Crippen LogP contribution < -0.4 is 0 Å². The van der Waals surface area contributed by atoms with Crippen molar-refractivity contribution in [2.75, 3.05) is 6.61 Å². The number of halogens is 1. The Kier molecular flexibility index (Phi) is 3.15. The molecule has 0 saturated heterocycles. The van der Waals surface area contributed by atoms with Crippen LogP contribution in [0, 0.1) is 8.93 Å². The lowest BCUT2D eigenvalue weighted by Crippen LogP contribution is -2.08. The fourth-order valence-corrected chi connectivity index (χ4v) is 2.32. The molecule has 1 aliphatic rings. The molecule has 72 valence electrons. The summed E-state index contributed by atoms with van der Waals surface area (Å²) < 4.78 is 10.9. The van der Waals surface area contributed by atoms with Gasteiger partial charge in [0.25, 0.3) is 0 Å². The van der Waals surface area contributed by atoms with E-state index in [4.69, 9.17) is 4.74 Å². The standard InChI is InChI=1S/C8H11IN2OS/c1-2-12-6(5-3-4-5)7-10-8(9)13-11-7/h5-6H,2-4H2,1H3. The Balaban J connectivity index is 2.10. The third-order valence-electron chi connectivity index (χ3n) is 2.07. The quantitative estimate of drug-likeness (QED) is 0.802. The molecule has 1 aromatic heterocycles. The van der Waals surface area contributed by atoms with Gasteiger partial charge in [-0.15, -0.1) is 0 Å². The van der Waals surface area contributed by atoms with Crippen molar-refractivity contribution in [1.29, 1.82) is 0 Å². The Morgan fingerprint density at radius 2 is 2.46 bits per heavy atom. The van der Waals surface area contributed by atoms with Gasteiger partial charge in [-0.2, -0.15) is 4.37 Å². The molecule has 0 aliphatic heterocycles. The molecule has 1 atom stereocenters. The molecule has 2 rings (SSSR count). The van der Waals surface area contributed by atoms with Crippen molar-refractivity contribution in [3.8, 4) is 0 Å². The second-order valence-electron chi connectivity index (χ2n) is 3.12. The highest BCUT2D eigenvalue weighted by atomic mass is 127. The Labute approximate surface area is 95.2 Å². The smallest absolute Gasteiger partial charge is 0.174 e. The fraction of sp³-hybridized carbons (Fsp3) is 0.750. The van der Waals surface area contributed by atoms with Gasteiger partial charge in [-0.05, 0) is 59.8 Å². The Morgan fingerprint density at radius 3 is 2.92 bits per heavy atom. The van der Waals surface area contributed by atoms with Gasteiger partial charge in [0, 0.05) is 6.61 Å². The van der Waals surface area contributed by atoms with Crippen LogP contribution in [0.2, 0.25) is 0 Å². The summed E-state index contributed by atoms with van der Waals surface area (Å²) in [6.07, 6.45) is 2.69. The SMILES string of the molecule is CCOC(c1nsc(I)n1)C1CC1. The first-order valence-corrected chi connectivity index (χ1v) is 6.27. The lowest BCUT2D eigenvalue weighted by Gasteiger charge is -2.11. The second kappa shape index (κ2) is 4.18. The summed E-state index contributed by atoms with van der Waals surface area (Å²) in [5.41, 5.74) is 0. The van der Waals surface area contributed by atoms with Crippen molar-refractivity contribution < 1.29 is 4.74 Å². The first-order valence-electron chi connectivity index (χ1n) is 4.42. The van der Waals surface area contributed by atoms with Gasteiger partial charge in [0.15, 0.2) is 8.84 Å². The van der Waals surface area contributed by atoms with E-state index in [1.54, 1.807) is 0 Å². The van der Waals surface area contributed by atoms with Crippen LogP contribution in [-0.2, 0) is 4.74 Å². The van der Waals surface area contributed by atoms with E-state index in [9.17, 15) is 0 Å². The number of nitrogens with zero attached hydrogens (tertiary/aromatic N) is 2. The highest BCUT2D eigenvalue weighted by Crippen LogP contribution is 2.42. The molecule has 1 aliphatic carbocycles. The van der Waals surface area contributed by atoms with E-state index in [2.05, 4.69) is 31.9 Å². The molecular weight excluding hydrogens is 299 g/mol. The van der Waals surface area contributed by atoms with Crippen molar-refractivity contribution in [2.45, 2.75) is 25.9 Å². The minimum absolute atomic E-state index is 0.157. The summed E-state index contributed by atoms with van der Waals surface area (Å²) in [6, 6.07) is 0. The number of hydrogen-bond acceptors (Lipinski definition) is 4. The fourth-order valence-electron chi connectivity index (χ4n) is 1.33. The normalized spacial score (nSPS) is 18.9. The van der Waals surface area contributed by atoms with Crippen molar-refractivity contribution >= 4 is 34.1 Å². The predicted octanol–water partition coefficient (Wildman–Crippen LogP) is 2.63. The number of ether oxygens (including phenoxy) is 1. The molecule has 3 nitrogen and oxygen atoms in total. The lowest BCUT2D eigenvalue weighted by atomic mass is 10.2. The molecule has 0 amide bonds. The third kappa shape index (κ3) is 2.38. The summed E-state index contributed by atoms with van der Waals surface area (Å²) in [5.74, 6) is 1.56. The maximum Gasteiger partial charge on any atom is 0.174 e. The van der Waals surface area contributed by atoms with Gasteiger partial charge >= 0.3 is 0 Å². The van der Waals surface area contributed by atoms with Crippen LogP contribution >= 0.6 is 34.1 Å². The van der Waals surface area contributed by atoms with Gasteiger partial charge in [0.05, 0.1) is 0 Å². The number of aromatic nitrogens is 2. The molecule has 0 N–H and O–H groups in total. The average Bonchev–Trinajstić information content (AvgIpc) is 2.85. The van der Waals surface area contributed by atoms with Gasteiger partial charge in [-0.3, -0.25) is 0 Å². The van der Waals surface area contributed by atoms with Gasteiger partial charge in [0.2, 0.25) is 0 Å². The van der Waals surface area contributed by atoms with E-state index >= 15 is 0 Å². The molecule has 1 unspecified atom stereocenters. The molecule has 0 spiro atoms. The highest BCUT2D eigenvalue weighted by molar-refractivity contribution is 14.1. The van der Waals surface area contributed by atoms with E-state index in [-0.39, 0.29) is 6.10 Å². The Hall–Kier alpha value is 0.250. The summed E-state index contributed by atoms with van der Waals surface area (Å²) in [7, 11) is 0. The molecule has 1 aromatic rings. The van der Waals surface area contributed by atoms with Crippen molar-refractivity contribution in [3.05, 3.63) is 8.84 Å². The van der Waals surface area contributed by atoms with Crippen molar-refractivity contribution in [2.24, 2.45) is 5.92 Å². The highest BCUT2D eigenvalue weighted by Gasteiger charge is 2.35. The molecule has 0 aromatic carbocycles. The molecule has 1 heterocycles. The molecule has 13 heavy (non-hydrogen) atoms. The van der Waals surface area contributed by atoms with Crippen molar-refractivity contribution in [3.63, 3.8) is 0 Å². The second-order valence-corrected chi connectivity index (χ2v) is 5.62. The van der Waals surface area contributed by atoms with Crippen LogP contribution in [0.4, 0.5) is 0 Å². The zero-order valence-electron chi connectivity index (χ0n) is 7.36. The number of hydrogen-bond donors (Lipinski definition) is 0. The Morgan fingerprint density at radius 1 is 1.69 bits per heavy atom. The number of rotatable bonds is 4. The topological polar surface area (TPSA) is 35.0 Å². The predicted molar refractivity (Wildman–Crippen MR) is 59.7 cm³/mol. The van der Waals surface area contributed by atoms with Gasteiger partial charge < -0.3 is 4.74 Å². The van der Waals surface area contributed by atoms with Gasteiger partial charge in [0.1, 0.15) is 6.10 Å². The summed E-state index contributed by atoms with van der Waals surface area (Å²) in [5, 5.41) is 0. The van der Waals surface area contributed by atoms with Crippen LogP contribution in [0.1, 0.15) is 31.7 Å². The maximum atomic E-state index is 5.64. The molecule has 5 heteroatoms. The van der Waals surface area contributed by atoms with Crippen LogP contribution in [-0.4, -0.2) is 16.0 Å². The van der Waals surface area contributed by atoms with Gasteiger partial charge in [-0.1, -0.05) is 0 Å². The van der Waals surface area contributed by atoms with Gasteiger partial charge in [-0.25, -0.2) is 4.98 Å². The monoisotopic (exact) mass is 310 g/mol. The molecule has 0 radical (unpaired) electrons. The maximum absolute atomic E-state index is 5.64. The average molecular weight is 310 g/mol. The van der Waals surface area contributed by atoms with E-state index in [0.717, 1.165) is 15.4 Å². The zero-order valence-corrected chi connectivity index (χ0v) is 10.3. The first-order chi connectivity index (χ1) is 6.31. The zero-order chi connectivity index (χ0) is 9.26.